The molecular weight excluding hydrogens is 510 g/mol. The van der Waals surface area contributed by atoms with Gasteiger partial charge in [0.1, 0.15) is 0 Å². The third-order valence-electron chi connectivity index (χ3n) is 7.97. The molecule has 0 atom stereocenters. The number of aliphatic hydroxyl groups excluding tert-OH is 1. The van der Waals surface area contributed by atoms with Crippen molar-refractivity contribution in [1.29, 1.82) is 0 Å². The Hall–Kier alpha value is -2.90. The molecule has 4 rings (SSSR count). The van der Waals surface area contributed by atoms with Gasteiger partial charge in [-0.1, -0.05) is 84.4 Å². The van der Waals surface area contributed by atoms with E-state index in [2.05, 4.69) is 64.1 Å². The van der Waals surface area contributed by atoms with Crippen molar-refractivity contribution < 1.29 is 15.0 Å². The molecule has 0 aromatic heterocycles. The molecule has 1 aliphatic rings. The Labute approximate surface area is 237 Å². The zero-order chi connectivity index (χ0) is 27.6. The molecule has 208 valence electrons. The number of aliphatic hydroxyl groups is 2. The summed E-state index contributed by atoms with van der Waals surface area (Å²) in [7, 11) is 0. The van der Waals surface area contributed by atoms with Gasteiger partial charge < -0.3 is 25.7 Å². The van der Waals surface area contributed by atoms with E-state index in [4.69, 9.17) is 16.7 Å². The lowest BCUT2D eigenvalue weighted by atomic mass is 9.71. The highest BCUT2D eigenvalue weighted by Crippen LogP contribution is 2.38. The molecule has 39 heavy (non-hydrogen) atoms. The number of nitrogens with one attached hydrogen (secondary N) is 2. The second-order valence-corrected chi connectivity index (χ2v) is 10.9. The number of benzene rings is 3. The van der Waals surface area contributed by atoms with Crippen LogP contribution in [0.15, 0.2) is 84.9 Å². The number of halogens is 1. The van der Waals surface area contributed by atoms with Crippen molar-refractivity contribution in [1.82, 2.24) is 15.5 Å². The van der Waals surface area contributed by atoms with E-state index in [0.717, 1.165) is 38.0 Å². The Kier molecular flexibility index (Phi) is 10.4. The molecule has 6 nitrogen and oxygen atoms in total. The highest BCUT2D eigenvalue weighted by molar-refractivity contribution is 6.30. The van der Waals surface area contributed by atoms with Crippen molar-refractivity contribution in [3.63, 3.8) is 0 Å². The Morgan fingerprint density at radius 3 is 2.03 bits per heavy atom. The number of hydrogen-bond acceptors (Lipinski definition) is 4. The maximum absolute atomic E-state index is 12.6. The summed E-state index contributed by atoms with van der Waals surface area (Å²) >= 11 is 6.04. The number of hydrogen-bond donors (Lipinski definition) is 4. The lowest BCUT2D eigenvalue weighted by Crippen LogP contribution is -2.46. The molecule has 0 radical (unpaired) electrons. The van der Waals surface area contributed by atoms with E-state index in [1.165, 1.54) is 11.1 Å². The first-order valence-corrected chi connectivity index (χ1v) is 14.3. The topological polar surface area (TPSA) is 84.8 Å². The molecular formula is C32H40ClN3O3. The Morgan fingerprint density at radius 1 is 0.872 bits per heavy atom. The smallest absolute Gasteiger partial charge is 0.314 e. The first-order chi connectivity index (χ1) is 18.9. The van der Waals surface area contributed by atoms with Crippen LogP contribution >= 0.6 is 11.6 Å². The SMILES string of the molecule is O=C(NCCCO)NCC(CCCN1CCC(O)(c2ccc(Cl)cc2)CC1)(c1ccccc1)c1ccccc1. The van der Waals surface area contributed by atoms with Crippen LogP contribution in [0.3, 0.4) is 0 Å². The number of rotatable bonds is 12. The third-order valence-corrected chi connectivity index (χ3v) is 8.22. The molecule has 1 aliphatic heterocycles. The Morgan fingerprint density at radius 2 is 1.46 bits per heavy atom. The molecule has 7 heteroatoms. The van der Waals surface area contributed by atoms with E-state index in [1.54, 1.807) is 0 Å². The monoisotopic (exact) mass is 549 g/mol. The van der Waals surface area contributed by atoms with Gasteiger partial charge in [0, 0.05) is 43.2 Å². The molecule has 0 spiro atoms. The second kappa shape index (κ2) is 13.9. The lowest BCUT2D eigenvalue weighted by molar-refractivity contribution is -0.0262. The molecule has 3 aromatic carbocycles. The quantitative estimate of drug-likeness (QED) is 0.238. The number of nitrogens with zero attached hydrogens (tertiary/aromatic N) is 1. The number of carbonyl (C=O) groups excluding carboxylic acids is 1. The van der Waals surface area contributed by atoms with Crippen LogP contribution in [0, 0.1) is 0 Å². The number of likely N-dealkylation sites (tertiary alicyclic amines) is 1. The Balaban J connectivity index is 1.45. The van der Waals surface area contributed by atoms with Crippen molar-refractivity contribution >= 4 is 17.6 Å². The number of piperidine rings is 1. The third kappa shape index (κ3) is 7.61. The van der Waals surface area contributed by atoms with Crippen LogP contribution in [0.4, 0.5) is 4.79 Å². The molecule has 0 bridgehead atoms. The molecule has 3 aromatic rings. The summed E-state index contributed by atoms with van der Waals surface area (Å²) in [5.41, 5.74) is 2.07. The summed E-state index contributed by atoms with van der Waals surface area (Å²) in [5, 5.41) is 26.9. The van der Waals surface area contributed by atoms with E-state index < -0.39 is 11.0 Å². The fourth-order valence-corrected chi connectivity index (χ4v) is 5.76. The maximum atomic E-state index is 12.6. The molecule has 4 N–H and O–H groups in total. The average molecular weight is 550 g/mol. The molecule has 2 amide bonds. The summed E-state index contributed by atoms with van der Waals surface area (Å²) in [6.07, 6.45) is 3.70. The predicted molar refractivity (Wildman–Crippen MR) is 157 cm³/mol. The summed E-state index contributed by atoms with van der Waals surface area (Å²) in [6, 6.07) is 28.1. The highest BCUT2D eigenvalue weighted by atomic mass is 35.5. The molecule has 0 saturated carbocycles. The van der Waals surface area contributed by atoms with E-state index >= 15 is 0 Å². The van der Waals surface area contributed by atoms with Crippen LogP contribution in [0.1, 0.15) is 48.8 Å². The fourth-order valence-electron chi connectivity index (χ4n) is 5.64. The van der Waals surface area contributed by atoms with Gasteiger partial charge in [-0.3, -0.25) is 0 Å². The highest BCUT2D eigenvalue weighted by Gasteiger charge is 2.36. The predicted octanol–water partition coefficient (Wildman–Crippen LogP) is 5.07. The first kappa shape index (κ1) is 29.1. The summed E-state index contributed by atoms with van der Waals surface area (Å²) in [4.78, 5) is 15.0. The number of amides is 2. The Bertz CT molecular complexity index is 1110. The van der Waals surface area contributed by atoms with E-state index in [-0.39, 0.29) is 12.6 Å². The van der Waals surface area contributed by atoms with Crippen LogP contribution in [-0.4, -0.2) is 60.5 Å². The van der Waals surface area contributed by atoms with Gasteiger partial charge in [0.2, 0.25) is 0 Å². The van der Waals surface area contributed by atoms with Gasteiger partial charge in [-0.2, -0.15) is 0 Å². The van der Waals surface area contributed by atoms with Gasteiger partial charge in [0.25, 0.3) is 0 Å². The zero-order valence-electron chi connectivity index (χ0n) is 22.5. The van der Waals surface area contributed by atoms with E-state index in [0.29, 0.717) is 37.4 Å². The normalized spacial score (nSPS) is 15.6. The molecule has 0 unspecified atom stereocenters. The average Bonchev–Trinajstić information content (AvgIpc) is 2.97. The largest absolute Gasteiger partial charge is 0.396 e. The van der Waals surface area contributed by atoms with Crippen molar-refractivity contribution in [2.75, 3.05) is 39.3 Å². The molecule has 0 aliphatic carbocycles. The minimum atomic E-state index is -0.813. The minimum Gasteiger partial charge on any atom is -0.396 e. The zero-order valence-corrected chi connectivity index (χ0v) is 23.2. The van der Waals surface area contributed by atoms with Crippen molar-refractivity contribution in [3.8, 4) is 0 Å². The first-order valence-electron chi connectivity index (χ1n) is 13.9. The van der Waals surface area contributed by atoms with E-state index in [9.17, 15) is 9.90 Å². The van der Waals surface area contributed by atoms with Crippen LogP contribution in [-0.2, 0) is 11.0 Å². The standard InChI is InChI=1S/C32H40ClN3O3/c33-29-15-13-28(14-16-29)32(39)18-22-36(23-19-32)21-7-17-31(26-9-3-1-4-10-26,27-11-5-2-6-12-27)25-35-30(38)34-20-8-24-37/h1-6,9-16,37,39H,7-8,17-25H2,(H2,34,35,38). The maximum Gasteiger partial charge on any atom is 0.314 e. The summed E-state index contributed by atoms with van der Waals surface area (Å²) < 4.78 is 0. The molecule has 1 fully saturated rings. The van der Waals surface area contributed by atoms with Gasteiger partial charge in [0.15, 0.2) is 0 Å². The fraction of sp³-hybridized carbons (Fsp3) is 0.406. The van der Waals surface area contributed by atoms with Crippen molar-refractivity contribution in [2.45, 2.75) is 43.1 Å². The minimum absolute atomic E-state index is 0.0475. The molecule has 1 saturated heterocycles. The number of carbonyl (C=O) groups is 1. The van der Waals surface area contributed by atoms with Crippen LogP contribution in [0.2, 0.25) is 5.02 Å². The van der Waals surface area contributed by atoms with Gasteiger partial charge in [-0.15, -0.1) is 0 Å². The van der Waals surface area contributed by atoms with Gasteiger partial charge in [0.05, 0.1) is 5.60 Å². The van der Waals surface area contributed by atoms with Crippen molar-refractivity contribution in [2.24, 2.45) is 0 Å². The summed E-state index contributed by atoms with van der Waals surface area (Å²) in [5.74, 6) is 0. The van der Waals surface area contributed by atoms with E-state index in [1.807, 2.05) is 36.4 Å². The van der Waals surface area contributed by atoms with Gasteiger partial charge in [-0.05, 0) is 67.5 Å². The summed E-state index contributed by atoms with van der Waals surface area (Å²) in [6.45, 7) is 3.51. The van der Waals surface area contributed by atoms with Crippen LogP contribution < -0.4 is 10.6 Å². The second-order valence-electron chi connectivity index (χ2n) is 10.5. The van der Waals surface area contributed by atoms with Crippen molar-refractivity contribution in [3.05, 3.63) is 107 Å². The molecule has 1 heterocycles. The van der Waals surface area contributed by atoms with Crippen LogP contribution in [0.5, 0.6) is 0 Å². The van der Waals surface area contributed by atoms with Gasteiger partial charge >= 0.3 is 6.03 Å². The lowest BCUT2D eigenvalue weighted by Gasteiger charge is -2.40. The van der Waals surface area contributed by atoms with Crippen LogP contribution in [0.25, 0.3) is 0 Å². The van der Waals surface area contributed by atoms with Gasteiger partial charge in [-0.25, -0.2) is 4.79 Å². The number of urea groups is 1.